The Hall–Kier alpha value is -0.100. The van der Waals surface area contributed by atoms with Crippen molar-refractivity contribution >= 4 is 23.1 Å². The fourth-order valence-corrected chi connectivity index (χ4v) is 2.48. The third kappa shape index (κ3) is 2.95. The predicted octanol–water partition coefficient (Wildman–Crippen LogP) is 2.30. The van der Waals surface area contributed by atoms with Crippen molar-refractivity contribution in [2.75, 3.05) is 20.5 Å². The molecule has 0 aliphatic heterocycles. The number of ether oxygens (including phenoxy) is 2. The summed E-state index contributed by atoms with van der Waals surface area (Å²) in [5.74, 6) is 0.949. The maximum atomic E-state index is 5.09. The molecule has 0 bridgehead atoms. The number of nitrogens with zero attached hydrogens (tertiary/aromatic N) is 1. The largest absolute Gasteiger partial charge is 0.350 e. The van der Waals surface area contributed by atoms with E-state index in [0.717, 1.165) is 16.5 Å². The molecule has 13 heavy (non-hydrogen) atoms. The van der Waals surface area contributed by atoms with Crippen LogP contribution >= 0.6 is 23.1 Å². The lowest BCUT2D eigenvalue weighted by Crippen LogP contribution is -2.03. The first-order valence-electron chi connectivity index (χ1n) is 3.80. The zero-order valence-corrected chi connectivity index (χ0v) is 9.58. The number of hydrogen-bond donors (Lipinski definition) is 0. The number of methoxy groups -OCH3 is 2. The molecule has 1 rings (SSSR count). The van der Waals surface area contributed by atoms with Crippen LogP contribution in [-0.2, 0) is 15.2 Å². The van der Waals surface area contributed by atoms with Gasteiger partial charge in [0.15, 0.2) is 0 Å². The van der Waals surface area contributed by atoms with Gasteiger partial charge in [0.1, 0.15) is 10.7 Å². The monoisotopic (exact) mass is 219 g/mol. The van der Waals surface area contributed by atoms with Crippen molar-refractivity contribution in [1.29, 1.82) is 0 Å². The Balaban J connectivity index is 2.66. The van der Waals surface area contributed by atoms with E-state index in [4.69, 9.17) is 9.47 Å². The molecule has 0 amide bonds. The summed E-state index contributed by atoms with van der Waals surface area (Å²) in [5, 5.41) is 3.09. The van der Waals surface area contributed by atoms with Crippen LogP contribution in [0.15, 0.2) is 5.38 Å². The van der Waals surface area contributed by atoms with Gasteiger partial charge in [-0.05, 0) is 6.26 Å². The van der Waals surface area contributed by atoms with E-state index in [1.54, 1.807) is 37.3 Å². The minimum absolute atomic E-state index is 0.327. The lowest BCUT2D eigenvalue weighted by atomic mass is 10.5. The van der Waals surface area contributed by atoms with Gasteiger partial charge in [0.25, 0.3) is 0 Å². The Morgan fingerprint density at radius 3 is 2.77 bits per heavy atom. The first-order valence-corrected chi connectivity index (χ1v) is 6.08. The molecule has 74 valence electrons. The highest BCUT2D eigenvalue weighted by atomic mass is 32.2. The molecule has 0 spiro atoms. The molecule has 0 atom stereocenters. The first kappa shape index (κ1) is 11.0. The van der Waals surface area contributed by atoms with Crippen LogP contribution in [0.4, 0.5) is 0 Å². The summed E-state index contributed by atoms with van der Waals surface area (Å²) in [4.78, 5) is 4.39. The zero-order chi connectivity index (χ0) is 9.68. The van der Waals surface area contributed by atoms with Gasteiger partial charge in [-0.3, -0.25) is 0 Å². The van der Waals surface area contributed by atoms with E-state index in [1.165, 1.54) is 0 Å². The molecule has 0 aliphatic rings. The predicted molar refractivity (Wildman–Crippen MR) is 56.1 cm³/mol. The second-order valence-electron chi connectivity index (χ2n) is 2.40. The summed E-state index contributed by atoms with van der Waals surface area (Å²) in [5.41, 5.74) is 0.860. The fourth-order valence-electron chi connectivity index (χ4n) is 0.961. The summed E-state index contributed by atoms with van der Waals surface area (Å²) >= 11 is 3.40. The van der Waals surface area contributed by atoms with Gasteiger partial charge in [0, 0.05) is 25.4 Å². The number of aromatic nitrogens is 1. The van der Waals surface area contributed by atoms with Crippen LogP contribution < -0.4 is 0 Å². The van der Waals surface area contributed by atoms with Crippen molar-refractivity contribution in [1.82, 2.24) is 4.98 Å². The molecule has 1 aromatic heterocycles. The van der Waals surface area contributed by atoms with Gasteiger partial charge in [0.2, 0.25) is 6.29 Å². The van der Waals surface area contributed by atoms with Gasteiger partial charge < -0.3 is 9.47 Å². The Morgan fingerprint density at radius 1 is 1.54 bits per heavy atom. The molecule has 0 aromatic carbocycles. The van der Waals surface area contributed by atoms with Crippen LogP contribution in [0.2, 0.25) is 0 Å². The van der Waals surface area contributed by atoms with Crippen LogP contribution in [0, 0.1) is 0 Å². The van der Waals surface area contributed by atoms with Gasteiger partial charge in [-0.1, -0.05) is 0 Å². The Bertz CT molecular complexity index is 248. The number of thiazole rings is 1. The van der Waals surface area contributed by atoms with E-state index < -0.39 is 0 Å². The average molecular weight is 219 g/mol. The van der Waals surface area contributed by atoms with Crippen molar-refractivity contribution < 1.29 is 9.47 Å². The highest BCUT2D eigenvalue weighted by Crippen LogP contribution is 2.21. The quantitative estimate of drug-likeness (QED) is 0.711. The molecular formula is C8H13NO2S2. The Labute approximate surface area is 86.5 Å². The van der Waals surface area contributed by atoms with Gasteiger partial charge in [-0.15, -0.1) is 11.3 Å². The highest BCUT2D eigenvalue weighted by molar-refractivity contribution is 7.97. The number of thioether (sulfide) groups is 1. The Morgan fingerprint density at radius 2 is 2.23 bits per heavy atom. The van der Waals surface area contributed by atoms with Gasteiger partial charge in [0.05, 0.1) is 0 Å². The maximum Gasteiger partial charge on any atom is 0.201 e. The molecule has 0 radical (unpaired) electrons. The van der Waals surface area contributed by atoms with Gasteiger partial charge >= 0.3 is 0 Å². The average Bonchev–Trinajstić information content (AvgIpc) is 2.56. The lowest BCUT2D eigenvalue weighted by molar-refractivity contribution is -0.108. The van der Waals surface area contributed by atoms with Crippen LogP contribution in [0.1, 0.15) is 17.0 Å². The van der Waals surface area contributed by atoms with Crippen LogP contribution in [-0.4, -0.2) is 25.5 Å². The molecule has 0 unspecified atom stereocenters. The van der Waals surface area contributed by atoms with Crippen molar-refractivity contribution in [3.05, 3.63) is 16.1 Å². The molecule has 0 saturated heterocycles. The summed E-state index contributed by atoms with van der Waals surface area (Å²) in [6.45, 7) is 0. The standard InChI is InChI=1S/C8H13NO2S2/c1-10-8(11-2)6-4-13-7(9-6)5-12-3/h4,8H,5H2,1-3H3. The molecular weight excluding hydrogens is 206 g/mol. The van der Waals surface area contributed by atoms with Crippen molar-refractivity contribution in [2.24, 2.45) is 0 Å². The summed E-state index contributed by atoms with van der Waals surface area (Å²) in [6.07, 6.45) is 1.73. The molecule has 0 aliphatic carbocycles. The van der Waals surface area contributed by atoms with E-state index in [2.05, 4.69) is 11.2 Å². The van der Waals surface area contributed by atoms with Crippen molar-refractivity contribution in [3.8, 4) is 0 Å². The molecule has 0 saturated carbocycles. The first-order chi connectivity index (χ1) is 6.31. The van der Waals surface area contributed by atoms with Crippen molar-refractivity contribution in [2.45, 2.75) is 12.0 Å². The number of rotatable bonds is 5. The smallest absolute Gasteiger partial charge is 0.201 e. The van der Waals surface area contributed by atoms with Crippen LogP contribution in [0.5, 0.6) is 0 Å². The van der Waals surface area contributed by atoms with Crippen LogP contribution in [0.25, 0.3) is 0 Å². The fraction of sp³-hybridized carbons (Fsp3) is 0.625. The van der Waals surface area contributed by atoms with Crippen LogP contribution in [0.3, 0.4) is 0 Å². The number of hydrogen-bond acceptors (Lipinski definition) is 5. The second kappa shape index (κ2) is 5.59. The van der Waals surface area contributed by atoms with E-state index in [-0.39, 0.29) is 6.29 Å². The SMILES string of the molecule is COC(OC)c1csc(CSC)n1. The molecule has 1 heterocycles. The second-order valence-corrected chi connectivity index (χ2v) is 4.21. The Kier molecular flexibility index (Phi) is 4.72. The lowest BCUT2D eigenvalue weighted by Gasteiger charge is -2.09. The summed E-state index contributed by atoms with van der Waals surface area (Å²) < 4.78 is 10.2. The third-order valence-electron chi connectivity index (χ3n) is 1.51. The molecule has 1 aromatic rings. The third-order valence-corrected chi connectivity index (χ3v) is 3.12. The van der Waals surface area contributed by atoms with E-state index in [9.17, 15) is 0 Å². The van der Waals surface area contributed by atoms with E-state index in [0.29, 0.717) is 0 Å². The topological polar surface area (TPSA) is 31.4 Å². The zero-order valence-electron chi connectivity index (χ0n) is 7.94. The van der Waals surface area contributed by atoms with Gasteiger partial charge in [-0.25, -0.2) is 4.98 Å². The minimum Gasteiger partial charge on any atom is -0.350 e. The molecule has 3 nitrogen and oxygen atoms in total. The molecule has 0 fully saturated rings. The normalized spacial score (nSPS) is 11.1. The minimum atomic E-state index is -0.327. The van der Waals surface area contributed by atoms with E-state index in [1.807, 2.05) is 5.38 Å². The molecule has 0 N–H and O–H groups in total. The van der Waals surface area contributed by atoms with Crippen molar-refractivity contribution in [3.63, 3.8) is 0 Å². The molecule has 5 heteroatoms. The maximum absolute atomic E-state index is 5.09. The summed E-state index contributed by atoms with van der Waals surface area (Å²) in [7, 11) is 3.23. The van der Waals surface area contributed by atoms with E-state index >= 15 is 0 Å². The highest BCUT2D eigenvalue weighted by Gasteiger charge is 2.12. The summed E-state index contributed by atoms with van der Waals surface area (Å²) in [6, 6.07) is 0. The van der Waals surface area contributed by atoms with Gasteiger partial charge in [-0.2, -0.15) is 11.8 Å².